The van der Waals surface area contributed by atoms with Gasteiger partial charge in [-0.2, -0.15) is 0 Å². The van der Waals surface area contributed by atoms with Crippen molar-refractivity contribution in [3.8, 4) is 5.75 Å². The van der Waals surface area contributed by atoms with Gasteiger partial charge in [-0.25, -0.2) is 0 Å². The average Bonchev–Trinajstić information content (AvgIpc) is 3.04. The SMILES string of the molecule is O=C(CNC(=O)C1Cc2cc(Cl)ccc2O1)NCCc1ccccc1. The second kappa shape index (κ2) is 8.03. The third-order valence-electron chi connectivity index (χ3n) is 3.99. The summed E-state index contributed by atoms with van der Waals surface area (Å²) in [6.45, 7) is 0.465. The van der Waals surface area contributed by atoms with Gasteiger partial charge in [-0.05, 0) is 35.7 Å². The minimum Gasteiger partial charge on any atom is -0.480 e. The Morgan fingerprint density at radius 2 is 1.92 bits per heavy atom. The lowest BCUT2D eigenvalue weighted by atomic mass is 10.1. The van der Waals surface area contributed by atoms with Gasteiger partial charge in [0, 0.05) is 18.0 Å². The lowest BCUT2D eigenvalue weighted by molar-refractivity contribution is -0.130. The standard InChI is InChI=1S/C19H19ClN2O3/c20-15-6-7-16-14(10-15)11-17(25-16)19(24)22-12-18(23)21-9-8-13-4-2-1-3-5-13/h1-7,10,17H,8-9,11-12H2,(H,21,23)(H,22,24). The number of hydrogen-bond donors (Lipinski definition) is 2. The van der Waals surface area contributed by atoms with Crippen LogP contribution in [0, 0.1) is 0 Å². The van der Waals surface area contributed by atoms with Crippen LogP contribution in [0.4, 0.5) is 0 Å². The highest BCUT2D eigenvalue weighted by atomic mass is 35.5. The molecule has 2 aromatic rings. The van der Waals surface area contributed by atoms with E-state index >= 15 is 0 Å². The average molecular weight is 359 g/mol. The molecule has 0 aromatic heterocycles. The van der Waals surface area contributed by atoms with E-state index in [0.717, 1.165) is 17.5 Å². The summed E-state index contributed by atoms with van der Waals surface area (Å²) in [6.07, 6.45) is 0.588. The van der Waals surface area contributed by atoms with Gasteiger partial charge in [-0.1, -0.05) is 41.9 Å². The molecular formula is C19H19ClN2O3. The number of halogens is 1. The predicted molar refractivity (Wildman–Crippen MR) is 95.7 cm³/mol. The van der Waals surface area contributed by atoms with E-state index in [0.29, 0.717) is 23.7 Å². The summed E-state index contributed by atoms with van der Waals surface area (Å²) in [6, 6.07) is 15.2. The topological polar surface area (TPSA) is 67.4 Å². The fraction of sp³-hybridized carbons (Fsp3) is 0.263. The highest BCUT2D eigenvalue weighted by molar-refractivity contribution is 6.30. The molecule has 0 radical (unpaired) electrons. The summed E-state index contributed by atoms with van der Waals surface area (Å²) >= 11 is 5.94. The second-order valence-corrected chi connectivity index (χ2v) is 6.30. The lowest BCUT2D eigenvalue weighted by Gasteiger charge is -2.11. The molecular weight excluding hydrogens is 340 g/mol. The number of amides is 2. The molecule has 1 atom stereocenters. The van der Waals surface area contributed by atoms with Gasteiger partial charge in [0.1, 0.15) is 5.75 Å². The first-order valence-corrected chi connectivity index (χ1v) is 8.53. The van der Waals surface area contributed by atoms with Crippen LogP contribution in [0.2, 0.25) is 5.02 Å². The van der Waals surface area contributed by atoms with E-state index in [-0.39, 0.29) is 18.4 Å². The number of fused-ring (bicyclic) bond motifs is 1. The highest BCUT2D eigenvalue weighted by Crippen LogP contribution is 2.31. The normalized spacial score (nSPS) is 15.2. The molecule has 130 valence electrons. The van der Waals surface area contributed by atoms with Crippen LogP contribution in [-0.4, -0.2) is 31.0 Å². The predicted octanol–water partition coefficient (Wildman–Crippen LogP) is 2.12. The summed E-state index contributed by atoms with van der Waals surface area (Å²) in [4.78, 5) is 24.0. The Bertz CT molecular complexity index is 765. The molecule has 25 heavy (non-hydrogen) atoms. The van der Waals surface area contributed by atoms with Gasteiger partial charge >= 0.3 is 0 Å². The van der Waals surface area contributed by atoms with Crippen molar-refractivity contribution in [1.29, 1.82) is 0 Å². The number of carbonyl (C=O) groups excluding carboxylic acids is 2. The van der Waals surface area contributed by atoms with E-state index in [2.05, 4.69) is 10.6 Å². The third kappa shape index (κ3) is 4.73. The maximum absolute atomic E-state index is 12.1. The third-order valence-corrected chi connectivity index (χ3v) is 4.23. The fourth-order valence-electron chi connectivity index (χ4n) is 2.70. The Kier molecular flexibility index (Phi) is 5.56. The van der Waals surface area contributed by atoms with E-state index in [9.17, 15) is 9.59 Å². The molecule has 0 aliphatic carbocycles. The number of nitrogens with one attached hydrogen (secondary N) is 2. The molecule has 0 saturated heterocycles. The molecule has 3 rings (SSSR count). The molecule has 0 saturated carbocycles. The van der Waals surface area contributed by atoms with Crippen LogP contribution in [0.1, 0.15) is 11.1 Å². The molecule has 1 unspecified atom stereocenters. The maximum Gasteiger partial charge on any atom is 0.261 e. The first-order chi connectivity index (χ1) is 12.1. The van der Waals surface area contributed by atoms with Crippen LogP contribution in [0.15, 0.2) is 48.5 Å². The van der Waals surface area contributed by atoms with Crippen LogP contribution < -0.4 is 15.4 Å². The summed E-state index contributed by atoms with van der Waals surface area (Å²) in [5.74, 6) is 0.144. The van der Waals surface area contributed by atoms with Crippen molar-refractivity contribution in [3.05, 3.63) is 64.7 Å². The summed E-state index contributed by atoms with van der Waals surface area (Å²) in [5, 5.41) is 6.02. The minimum atomic E-state index is -0.620. The molecule has 0 fully saturated rings. The highest BCUT2D eigenvalue weighted by Gasteiger charge is 2.29. The van der Waals surface area contributed by atoms with Crippen molar-refractivity contribution in [2.45, 2.75) is 18.9 Å². The van der Waals surface area contributed by atoms with E-state index in [4.69, 9.17) is 16.3 Å². The van der Waals surface area contributed by atoms with Crippen molar-refractivity contribution in [1.82, 2.24) is 10.6 Å². The minimum absolute atomic E-state index is 0.0649. The van der Waals surface area contributed by atoms with Gasteiger partial charge in [0.25, 0.3) is 5.91 Å². The molecule has 2 aromatic carbocycles. The zero-order valence-corrected chi connectivity index (χ0v) is 14.4. The van der Waals surface area contributed by atoms with Gasteiger partial charge in [0.2, 0.25) is 5.91 Å². The van der Waals surface area contributed by atoms with Gasteiger partial charge in [0.05, 0.1) is 6.54 Å². The molecule has 1 heterocycles. The van der Waals surface area contributed by atoms with Crippen LogP contribution in [-0.2, 0) is 22.4 Å². The van der Waals surface area contributed by atoms with Gasteiger partial charge in [-0.15, -0.1) is 0 Å². The van der Waals surface area contributed by atoms with E-state index in [1.807, 2.05) is 30.3 Å². The Hall–Kier alpha value is -2.53. The molecule has 2 N–H and O–H groups in total. The summed E-state index contributed by atoms with van der Waals surface area (Å²) in [7, 11) is 0. The zero-order chi connectivity index (χ0) is 17.6. The summed E-state index contributed by atoms with van der Waals surface area (Å²) < 4.78 is 5.59. The van der Waals surface area contributed by atoms with Gasteiger partial charge in [-0.3, -0.25) is 9.59 Å². The monoisotopic (exact) mass is 358 g/mol. The molecule has 2 amide bonds. The van der Waals surface area contributed by atoms with Crippen molar-refractivity contribution < 1.29 is 14.3 Å². The maximum atomic E-state index is 12.1. The Morgan fingerprint density at radius 1 is 1.12 bits per heavy atom. The number of carbonyl (C=O) groups is 2. The number of ether oxygens (including phenoxy) is 1. The number of benzene rings is 2. The number of rotatable bonds is 6. The zero-order valence-electron chi connectivity index (χ0n) is 13.6. The fourth-order valence-corrected chi connectivity index (χ4v) is 2.89. The molecule has 0 bridgehead atoms. The van der Waals surface area contributed by atoms with E-state index in [1.165, 1.54) is 0 Å². The van der Waals surface area contributed by atoms with Gasteiger partial charge in [0.15, 0.2) is 6.10 Å². The molecule has 1 aliphatic heterocycles. The van der Waals surface area contributed by atoms with Crippen LogP contribution >= 0.6 is 11.6 Å². The smallest absolute Gasteiger partial charge is 0.261 e. The van der Waals surface area contributed by atoms with Crippen LogP contribution in [0.5, 0.6) is 5.75 Å². The quantitative estimate of drug-likeness (QED) is 0.831. The Morgan fingerprint density at radius 3 is 2.72 bits per heavy atom. The van der Waals surface area contributed by atoms with Crippen LogP contribution in [0.3, 0.4) is 0 Å². The second-order valence-electron chi connectivity index (χ2n) is 5.87. The van der Waals surface area contributed by atoms with Crippen molar-refractivity contribution in [2.75, 3.05) is 13.1 Å². The van der Waals surface area contributed by atoms with E-state index in [1.54, 1.807) is 18.2 Å². The first-order valence-electron chi connectivity index (χ1n) is 8.15. The Balaban J connectivity index is 1.38. The van der Waals surface area contributed by atoms with Crippen molar-refractivity contribution in [2.24, 2.45) is 0 Å². The van der Waals surface area contributed by atoms with Gasteiger partial charge < -0.3 is 15.4 Å². The molecule has 0 spiro atoms. The van der Waals surface area contributed by atoms with Crippen molar-refractivity contribution in [3.63, 3.8) is 0 Å². The summed E-state index contributed by atoms with van der Waals surface area (Å²) in [5.41, 5.74) is 2.06. The van der Waals surface area contributed by atoms with Crippen LogP contribution in [0.25, 0.3) is 0 Å². The largest absolute Gasteiger partial charge is 0.480 e. The Labute approximate surface area is 151 Å². The number of hydrogen-bond acceptors (Lipinski definition) is 3. The first kappa shape index (κ1) is 17.3. The molecule has 1 aliphatic rings. The lowest BCUT2D eigenvalue weighted by Crippen LogP contribution is -2.43. The van der Waals surface area contributed by atoms with Crippen molar-refractivity contribution >= 4 is 23.4 Å². The molecule has 5 nitrogen and oxygen atoms in total. The molecule has 6 heteroatoms. The van der Waals surface area contributed by atoms with E-state index < -0.39 is 6.10 Å².